The second-order valence-electron chi connectivity index (χ2n) is 5.61. The van der Waals surface area contributed by atoms with Gasteiger partial charge in [-0.2, -0.15) is 0 Å². The molecule has 1 rings (SSSR count). The summed E-state index contributed by atoms with van der Waals surface area (Å²) in [5, 5.41) is 11.7. The third kappa shape index (κ3) is 4.91. The van der Waals surface area contributed by atoms with Crippen molar-refractivity contribution in [2.45, 2.75) is 52.1 Å². The van der Waals surface area contributed by atoms with Gasteiger partial charge in [-0.1, -0.05) is 6.92 Å². The average molecular weight is 299 g/mol. The van der Waals surface area contributed by atoms with Gasteiger partial charge < -0.3 is 20.2 Å². The molecular weight excluding hydrogens is 274 g/mol. The van der Waals surface area contributed by atoms with Crippen molar-refractivity contribution in [1.82, 2.24) is 15.1 Å². The monoisotopic (exact) mass is 299 g/mol. The molecule has 0 radical (unpaired) electrons. The van der Waals surface area contributed by atoms with E-state index in [1.54, 1.807) is 0 Å². The van der Waals surface area contributed by atoms with Gasteiger partial charge in [0.2, 0.25) is 5.91 Å². The molecule has 0 aromatic carbocycles. The quantitative estimate of drug-likeness (QED) is 0.762. The largest absolute Gasteiger partial charge is 0.480 e. The predicted octanol–water partition coefficient (Wildman–Crippen LogP) is 0.892. The summed E-state index contributed by atoms with van der Waals surface area (Å²) in [4.78, 5) is 38.3. The Bertz CT molecular complexity index is 398. The van der Waals surface area contributed by atoms with Crippen molar-refractivity contribution >= 4 is 17.9 Å². The highest BCUT2D eigenvalue weighted by Gasteiger charge is 2.36. The lowest BCUT2D eigenvalue weighted by Crippen LogP contribution is -2.52. The van der Waals surface area contributed by atoms with Gasteiger partial charge in [-0.15, -0.1) is 0 Å². The van der Waals surface area contributed by atoms with Crippen LogP contribution in [-0.2, 0) is 9.59 Å². The lowest BCUT2D eigenvalue weighted by atomic mass is 10.2. The zero-order chi connectivity index (χ0) is 16.0. The molecule has 0 aromatic heterocycles. The van der Waals surface area contributed by atoms with Crippen molar-refractivity contribution < 1.29 is 19.5 Å². The summed E-state index contributed by atoms with van der Waals surface area (Å²) in [6, 6.07) is -0.804. The average Bonchev–Trinajstić information content (AvgIpc) is 2.85. The van der Waals surface area contributed by atoms with Crippen LogP contribution >= 0.6 is 0 Å². The maximum absolute atomic E-state index is 12.5. The molecule has 21 heavy (non-hydrogen) atoms. The Hall–Kier alpha value is -1.79. The Morgan fingerprint density at radius 1 is 1.38 bits per heavy atom. The molecule has 2 N–H and O–H groups in total. The fraction of sp³-hybridized carbons (Fsp3) is 0.786. The molecule has 0 unspecified atom stereocenters. The Kier molecular flexibility index (Phi) is 6.45. The van der Waals surface area contributed by atoms with Crippen LogP contribution in [0.5, 0.6) is 0 Å². The lowest BCUT2D eigenvalue weighted by Gasteiger charge is -2.29. The Morgan fingerprint density at radius 3 is 2.57 bits per heavy atom. The number of amides is 3. The topological polar surface area (TPSA) is 90.0 Å². The summed E-state index contributed by atoms with van der Waals surface area (Å²) in [5.41, 5.74) is 0. The highest BCUT2D eigenvalue weighted by atomic mass is 16.4. The molecule has 3 amide bonds. The van der Waals surface area contributed by atoms with Gasteiger partial charge in [0.05, 0.1) is 0 Å². The van der Waals surface area contributed by atoms with E-state index < -0.39 is 12.0 Å². The van der Waals surface area contributed by atoms with Crippen LogP contribution < -0.4 is 5.32 Å². The van der Waals surface area contributed by atoms with E-state index in [-0.39, 0.29) is 24.5 Å². The Balaban J connectivity index is 2.77. The molecule has 120 valence electrons. The molecule has 0 aliphatic carbocycles. The summed E-state index contributed by atoms with van der Waals surface area (Å²) in [6.45, 7) is 6.21. The van der Waals surface area contributed by atoms with E-state index >= 15 is 0 Å². The normalized spacial score (nSPS) is 17.9. The molecule has 1 saturated heterocycles. The van der Waals surface area contributed by atoms with Crippen molar-refractivity contribution in [1.29, 1.82) is 0 Å². The van der Waals surface area contributed by atoms with Crippen LogP contribution in [0.1, 0.15) is 40.0 Å². The number of urea groups is 1. The molecule has 1 atom stereocenters. The Morgan fingerprint density at radius 2 is 2.05 bits per heavy atom. The van der Waals surface area contributed by atoms with Crippen molar-refractivity contribution in [2.24, 2.45) is 0 Å². The van der Waals surface area contributed by atoms with Gasteiger partial charge in [0.15, 0.2) is 0 Å². The maximum atomic E-state index is 12.5. The standard InChI is InChI=1S/C14H25N3O4/c1-4-7-16(9-12(18)19)13(20)11-6-5-8-17(11)14(21)15-10(2)3/h10-11H,4-9H2,1-3H3,(H,15,21)(H,18,19)/t11-/m0/s1. The van der Waals surface area contributed by atoms with Gasteiger partial charge in [-0.05, 0) is 33.1 Å². The fourth-order valence-electron chi connectivity index (χ4n) is 2.51. The first-order valence-electron chi connectivity index (χ1n) is 7.44. The molecule has 1 fully saturated rings. The second kappa shape index (κ2) is 7.85. The van der Waals surface area contributed by atoms with E-state index in [1.807, 2.05) is 20.8 Å². The van der Waals surface area contributed by atoms with Crippen LogP contribution in [0, 0.1) is 0 Å². The number of nitrogens with one attached hydrogen (secondary N) is 1. The van der Waals surface area contributed by atoms with Crippen LogP contribution in [0.15, 0.2) is 0 Å². The first-order chi connectivity index (χ1) is 9.86. The van der Waals surface area contributed by atoms with Crippen LogP contribution in [0.2, 0.25) is 0 Å². The summed E-state index contributed by atoms with van der Waals surface area (Å²) < 4.78 is 0. The summed E-state index contributed by atoms with van der Waals surface area (Å²) in [7, 11) is 0. The smallest absolute Gasteiger partial charge is 0.323 e. The van der Waals surface area contributed by atoms with Crippen molar-refractivity contribution in [3.63, 3.8) is 0 Å². The highest BCUT2D eigenvalue weighted by Crippen LogP contribution is 2.19. The maximum Gasteiger partial charge on any atom is 0.323 e. The number of likely N-dealkylation sites (tertiary alicyclic amines) is 1. The predicted molar refractivity (Wildman–Crippen MR) is 77.9 cm³/mol. The molecule has 1 aliphatic rings. The minimum absolute atomic E-state index is 0.000355. The second-order valence-corrected chi connectivity index (χ2v) is 5.61. The Labute approximate surface area is 125 Å². The minimum Gasteiger partial charge on any atom is -0.480 e. The molecule has 1 aliphatic heterocycles. The summed E-state index contributed by atoms with van der Waals surface area (Å²) in [5.74, 6) is -1.30. The van der Waals surface area contributed by atoms with E-state index in [2.05, 4.69) is 5.32 Å². The molecule has 1 heterocycles. The van der Waals surface area contributed by atoms with Gasteiger partial charge in [0.1, 0.15) is 12.6 Å². The third-order valence-electron chi connectivity index (χ3n) is 3.34. The number of carbonyl (C=O) groups is 3. The van der Waals surface area contributed by atoms with E-state index in [4.69, 9.17) is 5.11 Å². The highest BCUT2D eigenvalue weighted by molar-refractivity contribution is 5.89. The SMILES string of the molecule is CCCN(CC(=O)O)C(=O)[C@@H]1CCCN1C(=O)NC(C)C. The number of nitrogens with zero attached hydrogens (tertiary/aromatic N) is 2. The number of carbonyl (C=O) groups excluding carboxylic acids is 2. The van der Waals surface area contributed by atoms with Gasteiger partial charge in [0.25, 0.3) is 0 Å². The lowest BCUT2D eigenvalue weighted by molar-refractivity contribution is -0.146. The van der Waals surface area contributed by atoms with Crippen molar-refractivity contribution in [2.75, 3.05) is 19.6 Å². The van der Waals surface area contributed by atoms with Crippen molar-refractivity contribution in [3.8, 4) is 0 Å². The number of aliphatic carboxylic acids is 1. The minimum atomic E-state index is -1.03. The summed E-state index contributed by atoms with van der Waals surface area (Å²) in [6.07, 6.45) is 2.03. The number of rotatable bonds is 6. The molecule has 7 heteroatoms. The van der Waals surface area contributed by atoms with Gasteiger partial charge in [-0.3, -0.25) is 9.59 Å². The van der Waals surface area contributed by atoms with E-state index in [0.29, 0.717) is 25.9 Å². The third-order valence-corrected chi connectivity index (χ3v) is 3.34. The molecule has 7 nitrogen and oxygen atoms in total. The number of hydrogen-bond donors (Lipinski definition) is 2. The molecular formula is C14H25N3O4. The van der Waals surface area contributed by atoms with Crippen LogP contribution in [0.4, 0.5) is 4.79 Å². The van der Waals surface area contributed by atoms with E-state index in [1.165, 1.54) is 9.80 Å². The first-order valence-corrected chi connectivity index (χ1v) is 7.44. The fourth-order valence-corrected chi connectivity index (χ4v) is 2.51. The zero-order valence-electron chi connectivity index (χ0n) is 13.0. The van der Waals surface area contributed by atoms with Gasteiger partial charge in [-0.25, -0.2) is 4.79 Å². The van der Waals surface area contributed by atoms with Gasteiger partial charge in [0, 0.05) is 19.1 Å². The van der Waals surface area contributed by atoms with E-state index in [0.717, 1.165) is 6.42 Å². The number of hydrogen-bond acceptors (Lipinski definition) is 3. The van der Waals surface area contributed by atoms with E-state index in [9.17, 15) is 14.4 Å². The first kappa shape index (κ1) is 17.3. The summed E-state index contributed by atoms with van der Waals surface area (Å²) >= 11 is 0. The van der Waals surface area contributed by atoms with Crippen LogP contribution in [0.25, 0.3) is 0 Å². The molecule has 0 bridgehead atoms. The molecule has 0 saturated carbocycles. The molecule has 0 spiro atoms. The zero-order valence-corrected chi connectivity index (χ0v) is 13.0. The number of carboxylic acids is 1. The number of carboxylic acid groups (broad SMARTS) is 1. The van der Waals surface area contributed by atoms with Crippen LogP contribution in [0.3, 0.4) is 0 Å². The van der Waals surface area contributed by atoms with Gasteiger partial charge >= 0.3 is 12.0 Å². The van der Waals surface area contributed by atoms with Crippen LogP contribution in [-0.4, -0.2) is 64.5 Å². The molecule has 0 aromatic rings. The van der Waals surface area contributed by atoms with Crippen molar-refractivity contribution in [3.05, 3.63) is 0 Å².